The molecule has 4 rings (SSSR count). The molecule has 40 heavy (non-hydrogen) atoms. The summed E-state index contributed by atoms with van der Waals surface area (Å²) < 4.78 is 12.9. The normalized spacial score (nSPS) is 11.8. The molecule has 0 aliphatic rings. The maximum atomic E-state index is 10.8. The fourth-order valence-electron chi connectivity index (χ4n) is 4.38. The minimum Gasteiger partial charge on any atom is -0.488 e. The molecule has 0 saturated heterocycles. The van der Waals surface area contributed by atoms with Crippen molar-refractivity contribution in [3.8, 4) is 22.6 Å². The second kappa shape index (κ2) is 12.9. The van der Waals surface area contributed by atoms with Crippen LogP contribution in [-0.2, 0) is 11.2 Å². The highest BCUT2D eigenvalue weighted by molar-refractivity contribution is 7.99. The van der Waals surface area contributed by atoms with Crippen LogP contribution in [0.15, 0.2) is 85.1 Å². The van der Waals surface area contributed by atoms with E-state index in [1.54, 1.807) is 0 Å². The summed E-state index contributed by atoms with van der Waals surface area (Å²) >= 11 is 1.28. The molecule has 0 saturated carbocycles. The molecule has 7 heteroatoms. The van der Waals surface area contributed by atoms with E-state index in [1.807, 2.05) is 35.5 Å². The van der Waals surface area contributed by atoms with Crippen molar-refractivity contribution in [2.75, 3.05) is 10.8 Å². The molecule has 1 amide bonds. The van der Waals surface area contributed by atoms with Gasteiger partial charge in [-0.3, -0.25) is 13.8 Å². The summed E-state index contributed by atoms with van der Waals surface area (Å²) in [6.07, 6.45) is 5.57. The molecule has 0 atom stereocenters. The van der Waals surface area contributed by atoms with Crippen molar-refractivity contribution in [2.45, 2.75) is 53.6 Å². The number of carbonyl (C=O) groups is 1. The number of imidazole rings is 1. The number of anilines is 1. The lowest BCUT2D eigenvalue weighted by Crippen LogP contribution is -2.22. The molecule has 0 aliphatic carbocycles. The molecular weight excluding hydrogens is 516 g/mol. The molecule has 208 valence electrons. The van der Waals surface area contributed by atoms with Gasteiger partial charge in [0, 0.05) is 24.8 Å². The molecule has 1 aromatic heterocycles. The van der Waals surface area contributed by atoms with Crippen LogP contribution < -0.4 is 13.8 Å². The van der Waals surface area contributed by atoms with Crippen molar-refractivity contribution in [1.82, 2.24) is 14.3 Å². The molecule has 3 aromatic carbocycles. The molecule has 0 unspecified atom stereocenters. The number of hydrogen-bond acceptors (Lipinski definition) is 5. The molecule has 1 N–H and O–H groups in total. The first-order valence-electron chi connectivity index (χ1n) is 13.5. The van der Waals surface area contributed by atoms with Crippen molar-refractivity contribution < 1.29 is 9.53 Å². The smallest absolute Gasteiger partial charge is 0.218 e. The number of rotatable bonds is 11. The van der Waals surface area contributed by atoms with Crippen LogP contribution in [0.5, 0.6) is 5.75 Å². The highest BCUT2D eigenvalue weighted by Gasteiger charge is 2.15. The van der Waals surface area contributed by atoms with E-state index in [0.29, 0.717) is 12.8 Å². The third-order valence-electron chi connectivity index (χ3n) is 6.42. The third kappa shape index (κ3) is 7.36. The summed E-state index contributed by atoms with van der Waals surface area (Å²) in [5.74, 6) is 1.83. The highest BCUT2D eigenvalue weighted by Crippen LogP contribution is 2.29. The maximum absolute atomic E-state index is 10.8. The first-order valence-corrected chi connectivity index (χ1v) is 14.3. The van der Waals surface area contributed by atoms with Gasteiger partial charge in [0.25, 0.3) is 0 Å². The first kappa shape index (κ1) is 29.0. The number of aromatic nitrogens is 2. The Kier molecular flexibility index (Phi) is 9.38. The summed E-state index contributed by atoms with van der Waals surface area (Å²) in [4.78, 5) is 15.9. The van der Waals surface area contributed by atoms with E-state index in [0.717, 1.165) is 51.9 Å². The minimum absolute atomic E-state index is 0.242. The Morgan fingerprint density at radius 3 is 2.48 bits per heavy atom. The molecule has 0 radical (unpaired) electrons. The van der Waals surface area contributed by atoms with Gasteiger partial charge in [0.1, 0.15) is 17.2 Å². The molecule has 0 fully saturated rings. The van der Waals surface area contributed by atoms with Crippen LogP contribution in [-0.4, -0.2) is 28.1 Å². The van der Waals surface area contributed by atoms with Gasteiger partial charge >= 0.3 is 0 Å². The zero-order chi connectivity index (χ0) is 28.7. The first-order chi connectivity index (χ1) is 19.2. The lowest BCUT2D eigenvalue weighted by atomic mass is 10.0. The Morgan fingerprint density at radius 2 is 1.80 bits per heavy atom. The predicted molar refractivity (Wildman–Crippen MR) is 168 cm³/mol. The topological polar surface area (TPSA) is 59.4 Å². The number of allylic oxidation sites excluding steroid dienone is 2. The van der Waals surface area contributed by atoms with Crippen molar-refractivity contribution >= 4 is 29.8 Å². The number of carbonyl (C=O) groups excluding carboxylic acids is 1. The summed E-state index contributed by atoms with van der Waals surface area (Å²) in [5, 5.41) is 0. The molecule has 0 aliphatic heterocycles. The molecule has 1 heterocycles. The number of amides is 1. The van der Waals surface area contributed by atoms with E-state index in [4.69, 9.17) is 9.72 Å². The lowest BCUT2D eigenvalue weighted by molar-refractivity contribution is -0.107. The number of benzene rings is 3. The number of hydrogen-bond donors (Lipinski definition) is 1. The zero-order valence-electron chi connectivity index (χ0n) is 24.1. The van der Waals surface area contributed by atoms with Crippen LogP contribution in [0.2, 0.25) is 0 Å². The van der Waals surface area contributed by atoms with Gasteiger partial charge in [0.2, 0.25) is 6.41 Å². The number of nitrogens with zero attached hydrogens (tertiary/aromatic N) is 3. The molecule has 6 nitrogen and oxygen atoms in total. The third-order valence-corrected chi connectivity index (χ3v) is 7.31. The van der Waals surface area contributed by atoms with E-state index in [1.165, 1.54) is 17.7 Å². The van der Waals surface area contributed by atoms with Crippen molar-refractivity contribution in [2.24, 2.45) is 0 Å². The second-order valence-corrected chi connectivity index (χ2v) is 11.4. The van der Waals surface area contributed by atoms with E-state index in [-0.39, 0.29) is 5.60 Å². The largest absolute Gasteiger partial charge is 0.488 e. The van der Waals surface area contributed by atoms with Gasteiger partial charge < -0.3 is 9.30 Å². The number of nitrogens with one attached hydrogen (secondary N) is 1. The minimum atomic E-state index is -0.242. The molecule has 0 bridgehead atoms. The van der Waals surface area contributed by atoms with Crippen LogP contribution in [0.3, 0.4) is 0 Å². The van der Waals surface area contributed by atoms with Crippen molar-refractivity contribution in [3.05, 3.63) is 102 Å². The van der Waals surface area contributed by atoms with Gasteiger partial charge in [0.15, 0.2) is 0 Å². The van der Waals surface area contributed by atoms with Gasteiger partial charge in [-0.15, -0.1) is 0 Å². The number of ether oxygens (including phenoxy) is 1. The van der Waals surface area contributed by atoms with E-state index >= 15 is 0 Å². The fraction of sp³-hybridized carbons (Fsp3) is 0.273. The van der Waals surface area contributed by atoms with Gasteiger partial charge in [0.05, 0.1) is 23.5 Å². The van der Waals surface area contributed by atoms with Crippen LogP contribution >= 0.6 is 12.1 Å². The van der Waals surface area contributed by atoms with Crippen LogP contribution in [0.4, 0.5) is 5.69 Å². The van der Waals surface area contributed by atoms with Crippen LogP contribution in [0.1, 0.15) is 58.6 Å². The average Bonchev–Trinajstić information content (AvgIpc) is 3.36. The standard InChI is InChI=1S/C33H38N4O2S/c1-7-24(3)31-22-36(28-12-10-13-29(21-28)37(8-2)40-34-23-38)32(35-31)19-25-15-17-26(18-16-25)27-11-9-14-30(20-27)39-33(4,5)6/h7,9-18,20-23H,8,19H2,1-6H3,(H,34,38)/b24-7+. The van der Waals surface area contributed by atoms with Gasteiger partial charge in [-0.05, 0) is 94.1 Å². The Labute approximate surface area is 242 Å². The lowest BCUT2D eigenvalue weighted by Gasteiger charge is -2.21. The predicted octanol–water partition coefficient (Wildman–Crippen LogP) is 7.87. The van der Waals surface area contributed by atoms with Crippen molar-refractivity contribution in [1.29, 1.82) is 0 Å². The molecular formula is C33H38N4O2S. The summed E-state index contributed by atoms with van der Waals surface area (Å²) in [5.41, 5.74) is 7.32. The van der Waals surface area contributed by atoms with Crippen molar-refractivity contribution in [3.63, 3.8) is 0 Å². The zero-order valence-corrected chi connectivity index (χ0v) is 25.0. The quantitative estimate of drug-likeness (QED) is 0.151. The monoisotopic (exact) mass is 554 g/mol. The average molecular weight is 555 g/mol. The van der Waals surface area contributed by atoms with Crippen LogP contribution in [0.25, 0.3) is 22.4 Å². The van der Waals surface area contributed by atoms with Gasteiger partial charge in [-0.1, -0.05) is 48.5 Å². The van der Waals surface area contributed by atoms with E-state index in [9.17, 15) is 4.79 Å². The van der Waals surface area contributed by atoms with E-state index < -0.39 is 0 Å². The van der Waals surface area contributed by atoms with Crippen LogP contribution in [0, 0.1) is 0 Å². The Hall–Kier alpha value is -3.97. The second-order valence-electron chi connectivity index (χ2n) is 10.5. The molecule has 4 aromatic rings. The van der Waals surface area contributed by atoms with Gasteiger partial charge in [-0.2, -0.15) is 0 Å². The Morgan fingerprint density at radius 1 is 1.05 bits per heavy atom. The highest BCUT2D eigenvalue weighted by atomic mass is 32.2. The molecule has 0 spiro atoms. The fourth-order valence-corrected chi connectivity index (χ4v) is 4.90. The Balaban J connectivity index is 1.63. The maximum Gasteiger partial charge on any atom is 0.218 e. The Bertz CT molecular complexity index is 1470. The summed E-state index contributed by atoms with van der Waals surface area (Å²) in [6.45, 7) is 13.1. The summed E-state index contributed by atoms with van der Waals surface area (Å²) in [6, 6.07) is 25.2. The SMILES string of the molecule is C/C=C(\C)c1cn(-c2cccc(N(CC)SNC=O)c2)c(Cc2ccc(-c3cccc(OC(C)(C)C)c3)cc2)n1. The summed E-state index contributed by atoms with van der Waals surface area (Å²) in [7, 11) is 0. The van der Waals surface area contributed by atoms with Gasteiger partial charge in [-0.25, -0.2) is 4.98 Å². The van der Waals surface area contributed by atoms with E-state index in [2.05, 4.69) is 105 Å².